The molecule has 1 aromatic rings. The summed E-state index contributed by atoms with van der Waals surface area (Å²) < 4.78 is 39.5. The van der Waals surface area contributed by atoms with Crippen LogP contribution in [0.3, 0.4) is 0 Å². The van der Waals surface area contributed by atoms with Crippen LogP contribution in [0.4, 0.5) is 18.0 Å². The van der Waals surface area contributed by atoms with E-state index in [0.29, 0.717) is 6.42 Å². The zero-order chi connectivity index (χ0) is 14.3. The fourth-order valence-corrected chi connectivity index (χ4v) is 1.42. The minimum absolute atomic E-state index is 0.304. The molecule has 4 nitrogen and oxygen atoms in total. The maximum absolute atomic E-state index is 11.8. The van der Waals surface area contributed by atoms with Crippen LogP contribution < -0.4 is 5.32 Å². The van der Waals surface area contributed by atoms with E-state index in [1.165, 1.54) is 0 Å². The second-order valence-electron chi connectivity index (χ2n) is 3.90. The second-order valence-corrected chi connectivity index (χ2v) is 3.90. The molecule has 7 heteroatoms. The summed E-state index contributed by atoms with van der Waals surface area (Å²) in [7, 11) is 0. The van der Waals surface area contributed by atoms with Crippen LogP contribution in [-0.4, -0.2) is 36.6 Å². The molecule has 0 saturated heterocycles. The van der Waals surface area contributed by atoms with Crippen molar-refractivity contribution in [2.45, 2.75) is 18.6 Å². The predicted molar refractivity (Wildman–Crippen MR) is 61.6 cm³/mol. The van der Waals surface area contributed by atoms with Crippen molar-refractivity contribution in [2.75, 3.05) is 13.2 Å². The van der Waals surface area contributed by atoms with E-state index in [2.05, 4.69) is 10.1 Å². The number of hydrogen-bond donors (Lipinski definition) is 2. The molecule has 19 heavy (non-hydrogen) atoms. The number of rotatable bonds is 5. The maximum atomic E-state index is 11.8. The lowest BCUT2D eigenvalue weighted by Gasteiger charge is -2.16. The third-order valence-electron chi connectivity index (χ3n) is 2.23. The van der Waals surface area contributed by atoms with Crippen LogP contribution in [0.25, 0.3) is 0 Å². The van der Waals surface area contributed by atoms with Gasteiger partial charge >= 0.3 is 12.3 Å². The molecule has 0 aliphatic carbocycles. The first kappa shape index (κ1) is 15.3. The van der Waals surface area contributed by atoms with Gasteiger partial charge in [-0.05, 0) is 12.0 Å². The average molecular weight is 277 g/mol. The topological polar surface area (TPSA) is 58.6 Å². The summed E-state index contributed by atoms with van der Waals surface area (Å²) in [4.78, 5) is 11.1. The molecule has 0 aromatic heterocycles. The Hall–Kier alpha value is -1.76. The molecule has 0 bridgehead atoms. The Labute approximate surface area is 108 Å². The van der Waals surface area contributed by atoms with E-state index in [0.717, 1.165) is 5.56 Å². The van der Waals surface area contributed by atoms with Gasteiger partial charge in [0.05, 0.1) is 12.6 Å². The highest BCUT2D eigenvalue weighted by Gasteiger charge is 2.29. The first-order valence-electron chi connectivity index (χ1n) is 5.55. The van der Waals surface area contributed by atoms with Gasteiger partial charge in [-0.1, -0.05) is 30.3 Å². The molecule has 1 atom stereocenters. The molecule has 2 N–H and O–H groups in total. The van der Waals surface area contributed by atoms with Crippen LogP contribution in [0.15, 0.2) is 30.3 Å². The largest absolute Gasteiger partial charge is 0.440 e. The van der Waals surface area contributed by atoms with Crippen LogP contribution >= 0.6 is 0 Å². The Bertz CT molecular complexity index is 395. The molecule has 0 fully saturated rings. The zero-order valence-corrected chi connectivity index (χ0v) is 9.98. The number of hydrogen-bond acceptors (Lipinski definition) is 3. The highest BCUT2D eigenvalue weighted by atomic mass is 19.4. The number of alkyl halides is 3. The monoisotopic (exact) mass is 277 g/mol. The van der Waals surface area contributed by atoms with E-state index in [-0.39, 0.29) is 0 Å². The summed E-state index contributed by atoms with van der Waals surface area (Å²) in [6, 6.07) is 8.25. The number of carbonyl (C=O) groups is 1. The van der Waals surface area contributed by atoms with E-state index >= 15 is 0 Å². The number of ether oxygens (including phenoxy) is 1. The van der Waals surface area contributed by atoms with E-state index in [1.54, 1.807) is 24.3 Å². The van der Waals surface area contributed by atoms with E-state index < -0.39 is 31.5 Å². The van der Waals surface area contributed by atoms with Gasteiger partial charge in [-0.15, -0.1) is 0 Å². The van der Waals surface area contributed by atoms with Crippen molar-refractivity contribution < 1.29 is 27.8 Å². The lowest BCUT2D eigenvalue weighted by atomic mass is 10.1. The minimum Gasteiger partial charge on any atom is -0.440 e. The standard InChI is InChI=1S/C12H14F3NO3/c13-12(14,15)8-19-11(18)16-10(7-17)6-9-4-2-1-3-5-9/h1-5,10,17H,6-8H2,(H,16,18)/t10-/m0/s1. The molecule has 1 rings (SSSR count). The molecule has 0 aliphatic rings. The van der Waals surface area contributed by atoms with Crippen LogP contribution in [0.1, 0.15) is 5.56 Å². The third-order valence-corrected chi connectivity index (χ3v) is 2.23. The number of amides is 1. The lowest BCUT2D eigenvalue weighted by Crippen LogP contribution is -2.40. The summed E-state index contributed by atoms with van der Waals surface area (Å²) >= 11 is 0. The molecule has 0 unspecified atom stereocenters. The summed E-state index contributed by atoms with van der Waals surface area (Å²) in [6.45, 7) is -2.04. The van der Waals surface area contributed by atoms with E-state index in [4.69, 9.17) is 5.11 Å². The van der Waals surface area contributed by atoms with Crippen LogP contribution in [0, 0.1) is 0 Å². The predicted octanol–water partition coefficient (Wildman–Crippen LogP) is 1.88. The van der Waals surface area contributed by atoms with Gasteiger partial charge in [0.25, 0.3) is 0 Å². The molecule has 1 amide bonds. The minimum atomic E-state index is -4.56. The van der Waals surface area contributed by atoms with Gasteiger partial charge in [0.15, 0.2) is 6.61 Å². The van der Waals surface area contributed by atoms with Crippen LogP contribution in [0.5, 0.6) is 0 Å². The fourth-order valence-electron chi connectivity index (χ4n) is 1.42. The van der Waals surface area contributed by atoms with Gasteiger partial charge < -0.3 is 15.2 Å². The number of aliphatic hydroxyl groups excluding tert-OH is 1. The smallest absolute Gasteiger partial charge is 0.422 e. The quantitative estimate of drug-likeness (QED) is 0.864. The Kier molecular flexibility index (Phi) is 5.62. The summed E-state index contributed by atoms with van der Waals surface area (Å²) in [5.74, 6) is 0. The summed E-state index contributed by atoms with van der Waals surface area (Å²) in [6.07, 6.45) is -5.46. The Morgan fingerprint density at radius 3 is 2.47 bits per heavy atom. The molecular formula is C12H14F3NO3. The molecule has 0 heterocycles. The Morgan fingerprint density at radius 2 is 1.95 bits per heavy atom. The molecule has 0 radical (unpaired) electrons. The molecular weight excluding hydrogens is 263 g/mol. The first-order valence-corrected chi connectivity index (χ1v) is 5.55. The van der Waals surface area contributed by atoms with E-state index in [9.17, 15) is 18.0 Å². The SMILES string of the molecule is O=C(N[C@H](CO)Cc1ccccc1)OCC(F)(F)F. The molecule has 0 saturated carbocycles. The van der Waals surface area contributed by atoms with Gasteiger partial charge in [-0.25, -0.2) is 4.79 Å². The van der Waals surface area contributed by atoms with Crippen LogP contribution in [0.2, 0.25) is 0 Å². The Morgan fingerprint density at radius 1 is 1.32 bits per heavy atom. The number of alkyl carbamates (subject to hydrolysis) is 1. The number of benzene rings is 1. The number of nitrogens with one attached hydrogen (secondary N) is 1. The van der Waals surface area contributed by atoms with E-state index in [1.807, 2.05) is 6.07 Å². The van der Waals surface area contributed by atoms with Gasteiger partial charge in [0.1, 0.15) is 0 Å². The van der Waals surface area contributed by atoms with Gasteiger partial charge in [-0.2, -0.15) is 13.2 Å². The number of aliphatic hydroxyl groups is 1. The number of halogens is 3. The van der Waals surface area contributed by atoms with Crippen molar-refractivity contribution in [3.8, 4) is 0 Å². The van der Waals surface area contributed by atoms with Gasteiger partial charge in [0.2, 0.25) is 0 Å². The van der Waals surface area contributed by atoms with Crippen molar-refractivity contribution in [3.63, 3.8) is 0 Å². The molecule has 0 aliphatic heterocycles. The summed E-state index contributed by atoms with van der Waals surface area (Å²) in [5, 5.41) is 11.2. The zero-order valence-electron chi connectivity index (χ0n) is 9.98. The van der Waals surface area contributed by atoms with Crippen molar-refractivity contribution in [2.24, 2.45) is 0 Å². The summed E-state index contributed by atoms with van der Waals surface area (Å²) in [5.41, 5.74) is 0.845. The normalized spacial score (nSPS) is 12.8. The van der Waals surface area contributed by atoms with Gasteiger partial charge in [0, 0.05) is 0 Å². The molecule has 1 aromatic carbocycles. The van der Waals surface area contributed by atoms with Crippen LogP contribution in [-0.2, 0) is 11.2 Å². The molecule has 106 valence electrons. The van der Waals surface area contributed by atoms with Crippen molar-refractivity contribution in [1.82, 2.24) is 5.32 Å². The third kappa shape index (κ3) is 6.66. The van der Waals surface area contributed by atoms with Gasteiger partial charge in [-0.3, -0.25) is 0 Å². The lowest BCUT2D eigenvalue weighted by molar-refractivity contribution is -0.160. The number of carbonyl (C=O) groups excluding carboxylic acids is 1. The maximum Gasteiger partial charge on any atom is 0.422 e. The highest BCUT2D eigenvalue weighted by Crippen LogP contribution is 2.14. The first-order chi connectivity index (χ1) is 8.90. The average Bonchev–Trinajstić information content (AvgIpc) is 2.36. The highest BCUT2D eigenvalue weighted by molar-refractivity contribution is 5.67. The molecule has 0 spiro atoms. The second kappa shape index (κ2) is 6.98. The fraction of sp³-hybridized carbons (Fsp3) is 0.417. The van der Waals surface area contributed by atoms with Crippen molar-refractivity contribution in [1.29, 1.82) is 0 Å². The van der Waals surface area contributed by atoms with Crippen molar-refractivity contribution >= 4 is 6.09 Å². The van der Waals surface area contributed by atoms with Crippen molar-refractivity contribution in [3.05, 3.63) is 35.9 Å². The Balaban J connectivity index is 2.42.